The lowest BCUT2D eigenvalue weighted by Crippen LogP contribution is -2.45. The molecule has 0 aromatic carbocycles. The van der Waals surface area contributed by atoms with Gasteiger partial charge in [0.05, 0.1) is 37.3 Å². The highest BCUT2D eigenvalue weighted by Gasteiger charge is 2.61. The van der Waals surface area contributed by atoms with Crippen molar-refractivity contribution >= 4 is 17.4 Å². The molecule has 9 nitrogen and oxygen atoms in total. The maximum Gasteiger partial charge on any atom is 0.262 e. The van der Waals surface area contributed by atoms with Gasteiger partial charge in [0.15, 0.2) is 5.82 Å². The van der Waals surface area contributed by atoms with Crippen molar-refractivity contribution in [2.45, 2.75) is 50.7 Å². The summed E-state index contributed by atoms with van der Waals surface area (Å²) >= 11 is 0. The molecule has 2 aliphatic heterocycles. The molecule has 2 saturated heterocycles. The van der Waals surface area contributed by atoms with E-state index in [4.69, 9.17) is 19.2 Å². The van der Waals surface area contributed by atoms with Gasteiger partial charge in [0.25, 0.3) is 11.8 Å². The van der Waals surface area contributed by atoms with Crippen LogP contribution < -0.4 is 14.8 Å². The summed E-state index contributed by atoms with van der Waals surface area (Å²) in [7, 11) is 1.47. The highest BCUT2D eigenvalue weighted by Crippen LogP contribution is 2.58. The lowest BCUT2D eigenvalue weighted by molar-refractivity contribution is 0.0154. The first-order valence-corrected chi connectivity index (χ1v) is 10.3. The third-order valence-corrected chi connectivity index (χ3v) is 5.87. The highest BCUT2D eigenvalue weighted by molar-refractivity contribution is 6.05. The minimum absolute atomic E-state index is 0.0345. The molecule has 1 N–H and O–H groups in total. The zero-order valence-corrected chi connectivity index (χ0v) is 18.0. The molecule has 5 heterocycles. The molecule has 3 aromatic rings. The Hall–Kier alpha value is -3.20. The molecule has 3 aliphatic rings. The number of nitrogens with zero attached hydrogens (tertiary/aromatic N) is 4. The van der Waals surface area contributed by atoms with Gasteiger partial charge < -0.3 is 19.5 Å². The summed E-state index contributed by atoms with van der Waals surface area (Å²) in [5.74, 6) is 0.597. The third-order valence-electron chi connectivity index (χ3n) is 5.87. The van der Waals surface area contributed by atoms with Crippen molar-refractivity contribution in [2.24, 2.45) is 0 Å². The summed E-state index contributed by atoms with van der Waals surface area (Å²) < 4.78 is 18.9. The van der Waals surface area contributed by atoms with Crippen molar-refractivity contribution in [3.05, 3.63) is 42.0 Å². The Labute approximate surface area is 179 Å². The monoisotopic (exact) mass is 423 g/mol. The van der Waals surface area contributed by atoms with Crippen LogP contribution in [0.5, 0.6) is 11.8 Å². The molecular formula is C22H25N5O4. The average molecular weight is 423 g/mol. The topological polar surface area (TPSA) is 99.9 Å². The van der Waals surface area contributed by atoms with E-state index in [2.05, 4.69) is 22.2 Å². The zero-order chi connectivity index (χ0) is 21.8. The average Bonchev–Trinajstić information content (AvgIpc) is 3.38. The Balaban J connectivity index is 1.51. The van der Waals surface area contributed by atoms with Gasteiger partial charge in [-0.2, -0.15) is 4.98 Å². The number of hydrogen-bond acceptors (Lipinski definition) is 7. The summed E-state index contributed by atoms with van der Waals surface area (Å²) in [5.41, 5.74) is 1.82. The number of fused-ring (bicyclic) bond motifs is 2. The van der Waals surface area contributed by atoms with Gasteiger partial charge in [-0.1, -0.05) is 0 Å². The number of rotatable bonds is 6. The Bertz CT molecular complexity index is 1170. The largest absolute Gasteiger partial charge is 0.480 e. The number of anilines is 1. The summed E-state index contributed by atoms with van der Waals surface area (Å²) in [5, 5.41) is 2.82. The molecule has 9 heteroatoms. The Morgan fingerprint density at radius 2 is 2.06 bits per heavy atom. The molecular weight excluding hydrogens is 398 g/mol. The quantitative estimate of drug-likeness (QED) is 0.650. The second-order valence-corrected chi connectivity index (χ2v) is 8.84. The van der Waals surface area contributed by atoms with E-state index in [1.165, 1.54) is 7.11 Å². The van der Waals surface area contributed by atoms with Crippen LogP contribution in [0.3, 0.4) is 0 Å². The number of methoxy groups -OCH3 is 1. The smallest absolute Gasteiger partial charge is 0.262 e. The Kier molecular flexibility index (Phi) is 4.40. The van der Waals surface area contributed by atoms with E-state index in [0.29, 0.717) is 29.5 Å². The minimum atomic E-state index is -0.370. The van der Waals surface area contributed by atoms with E-state index in [0.717, 1.165) is 18.5 Å². The zero-order valence-electron chi connectivity index (χ0n) is 18.0. The predicted molar refractivity (Wildman–Crippen MR) is 113 cm³/mol. The van der Waals surface area contributed by atoms with Gasteiger partial charge in [0.2, 0.25) is 11.5 Å². The second kappa shape index (κ2) is 6.91. The van der Waals surface area contributed by atoms with Crippen molar-refractivity contribution in [1.29, 1.82) is 0 Å². The van der Waals surface area contributed by atoms with Crippen LogP contribution in [-0.2, 0) is 10.2 Å². The fourth-order valence-electron chi connectivity index (χ4n) is 4.65. The lowest BCUT2D eigenvalue weighted by Gasteiger charge is -2.41. The maximum atomic E-state index is 12.8. The first kappa shape index (κ1) is 19.7. The fourth-order valence-corrected chi connectivity index (χ4v) is 4.65. The fraction of sp³-hybridized carbons (Fsp3) is 0.455. The maximum absolute atomic E-state index is 12.8. The number of carbonyl (C=O) groups is 1. The van der Waals surface area contributed by atoms with E-state index in [-0.39, 0.29) is 28.9 Å². The van der Waals surface area contributed by atoms with Crippen LogP contribution in [0.4, 0.5) is 5.82 Å². The molecule has 1 saturated carbocycles. The van der Waals surface area contributed by atoms with Gasteiger partial charge >= 0.3 is 0 Å². The van der Waals surface area contributed by atoms with Gasteiger partial charge in [0.1, 0.15) is 5.56 Å². The highest BCUT2D eigenvalue weighted by atomic mass is 16.5. The molecule has 162 valence electrons. The second-order valence-electron chi connectivity index (χ2n) is 8.84. The molecule has 3 fully saturated rings. The van der Waals surface area contributed by atoms with Gasteiger partial charge in [0, 0.05) is 17.8 Å². The van der Waals surface area contributed by atoms with Crippen molar-refractivity contribution in [2.75, 3.05) is 19.0 Å². The van der Waals surface area contributed by atoms with Crippen molar-refractivity contribution in [3.8, 4) is 11.8 Å². The van der Waals surface area contributed by atoms with Crippen LogP contribution in [0.25, 0.3) is 5.65 Å². The van der Waals surface area contributed by atoms with Crippen LogP contribution >= 0.6 is 0 Å². The Morgan fingerprint density at radius 1 is 1.26 bits per heavy atom. The number of hydrogen-bond donors (Lipinski definition) is 1. The molecule has 6 rings (SSSR count). The molecule has 1 amide bonds. The number of aromatic nitrogens is 4. The summed E-state index contributed by atoms with van der Waals surface area (Å²) in [6, 6.07) is 3.33. The predicted octanol–water partition coefficient (Wildman–Crippen LogP) is 2.99. The van der Waals surface area contributed by atoms with Crippen LogP contribution in [0.15, 0.2) is 30.7 Å². The number of nitrogens with one attached hydrogen (secondary N) is 1. The van der Waals surface area contributed by atoms with Gasteiger partial charge in [-0.25, -0.2) is 9.97 Å². The summed E-state index contributed by atoms with van der Waals surface area (Å²) in [6.07, 6.45) is 7.12. The van der Waals surface area contributed by atoms with E-state index < -0.39 is 0 Å². The summed E-state index contributed by atoms with van der Waals surface area (Å²) in [6.45, 7) is 6.66. The van der Waals surface area contributed by atoms with Crippen molar-refractivity contribution in [3.63, 3.8) is 0 Å². The first-order valence-electron chi connectivity index (χ1n) is 10.3. The lowest BCUT2D eigenvalue weighted by atomic mass is 9.62. The van der Waals surface area contributed by atoms with Gasteiger partial charge in [-0.05, 0) is 45.7 Å². The molecule has 0 spiro atoms. The number of pyridine rings is 1. The minimum Gasteiger partial charge on any atom is -0.480 e. The molecule has 0 radical (unpaired) electrons. The van der Waals surface area contributed by atoms with Crippen LogP contribution in [0, 0.1) is 0 Å². The van der Waals surface area contributed by atoms with Gasteiger partial charge in [-0.15, -0.1) is 0 Å². The number of amides is 1. The van der Waals surface area contributed by atoms with Crippen LogP contribution in [0.2, 0.25) is 0 Å². The molecule has 3 aromatic heterocycles. The number of ether oxygens (including phenoxy) is 3. The third kappa shape index (κ3) is 3.29. The van der Waals surface area contributed by atoms with E-state index in [1.807, 2.05) is 24.4 Å². The van der Waals surface area contributed by atoms with E-state index in [9.17, 15) is 4.79 Å². The summed E-state index contributed by atoms with van der Waals surface area (Å²) in [4.78, 5) is 26.3. The molecule has 1 aliphatic carbocycles. The standard InChI is InChI=1S/C22H25N5O4/c1-13(2)31-20-17-24-15(22-10-21(3,11-22)30-12-22)8-27(17)9-16(26-20)25-18(28)14-6-5-7-23-19(14)29-4/h5-9,13H,10-12H2,1-4H3,(H,25,28). The Morgan fingerprint density at radius 3 is 2.74 bits per heavy atom. The van der Waals surface area contributed by atoms with E-state index in [1.54, 1.807) is 24.5 Å². The normalized spacial score (nSPS) is 24.3. The number of carbonyl (C=O) groups excluding carboxylic acids is 1. The van der Waals surface area contributed by atoms with E-state index >= 15 is 0 Å². The SMILES string of the molecule is COc1ncccc1C(=O)Nc1cn2cc(C34COC(C)(C3)C4)nc2c(OC(C)C)n1. The molecule has 2 bridgehead atoms. The first-order chi connectivity index (χ1) is 14.8. The van der Waals surface area contributed by atoms with Crippen LogP contribution in [0.1, 0.15) is 49.7 Å². The van der Waals surface area contributed by atoms with Crippen molar-refractivity contribution < 1.29 is 19.0 Å². The molecule has 31 heavy (non-hydrogen) atoms. The van der Waals surface area contributed by atoms with Crippen LogP contribution in [-0.4, -0.2) is 50.7 Å². The number of imidazole rings is 1. The van der Waals surface area contributed by atoms with Crippen molar-refractivity contribution in [1.82, 2.24) is 19.4 Å². The van der Waals surface area contributed by atoms with Gasteiger partial charge in [-0.3, -0.25) is 9.20 Å². The molecule has 0 unspecified atom stereocenters. The molecule has 0 atom stereocenters.